The fraction of sp³-hybridized carbons (Fsp3) is 0.650. The highest BCUT2D eigenvalue weighted by molar-refractivity contribution is 7.22. The molecular formula is C40H65ClF3N3O5S. The van der Waals surface area contributed by atoms with Crippen LogP contribution < -0.4 is 5.32 Å². The molecule has 0 unspecified atom stereocenters. The number of aromatic nitrogens is 1. The number of rotatable bonds is 18. The molecule has 0 bridgehead atoms. The van der Waals surface area contributed by atoms with Crippen molar-refractivity contribution >= 4 is 44.2 Å². The molecule has 3 rings (SSSR count). The van der Waals surface area contributed by atoms with Gasteiger partial charge in [-0.2, -0.15) is 13.2 Å². The zero-order chi connectivity index (χ0) is 40.4. The first-order valence-electron chi connectivity index (χ1n) is 18.7. The maximum Gasteiger partial charge on any atom is 0.416 e. The van der Waals surface area contributed by atoms with Crippen molar-refractivity contribution in [1.82, 2.24) is 9.88 Å². The average molecular weight is 792 g/mol. The number of halogens is 4. The number of hydrogen-bond donors (Lipinski definition) is 2. The summed E-state index contributed by atoms with van der Waals surface area (Å²) in [4.78, 5) is 19.5. The van der Waals surface area contributed by atoms with Crippen molar-refractivity contribution in [1.29, 1.82) is 0 Å². The Morgan fingerprint density at radius 1 is 0.887 bits per heavy atom. The van der Waals surface area contributed by atoms with E-state index in [9.17, 15) is 23.1 Å². The number of phenols is 1. The van der Waals surface area contributed by atoms with Crippen molar-refractivity contribution < 1.29 is 37.3 Å². The molecule has 2 N–H and O–H groups in total. The molecule has 1 heterocycles. The molecule has 0 saturated carbocycles. The number of ether oxygens (including phenoxy) is 3. The summed E-state index contributed by atoms with van der Waals surface area (Å²) < 4.78 is 56.5. The third-order valence-corrected chi connectivity index (χ3v) is 8.34. The minimum absolute atomic E-state index is 0.0491. The number of anilines is 1. The van der Waals surface area contributed by atoms with Gasteiger partial charge >= 0.3 is 6.18 Å². The Kier molecular flexibility index (Phi) is 27.5. The highest BCUT2D eigenvalue weighted by atomic mass is 35.5. The van der Waals surface area contributed by atoms with Crippen LogP contribution >= 0.6 is 22.9 Å². The molecule has 0 atom stereocenters. The minimum Gasteiger partial charge on any atom is -0.507 e. The van der Waals surface area contributed by atoms with Gasteiger partial charge in [0.05, 0.1) is 41.2 Å². The van der Waals surface area contributed by atoms with Crippen LogP contribution in [0, 0.1) is 5.92 Å². The number of carbonyl (C=O) groups excluding carboxylic acids is 1. The van der Waals surface area contributed by atoms with Crippen LogP contribution in [0.25, 0.3) is 10.2 Å². The molecule has 2 aromatic carbocycles. The zero-order valence-corrected chi connectivity index (χ0v) is 35.3. The Hall–Kier alpha value is -2.48. The predicted molar refractivity (Wildman–Crippen MR) is 216 cm³/mol. The second kappa shape index (κ2) is 28.9. The molecular weight excluding hydrogens is 727 g/mol. The van der Waals surface area contributed by atoms with Crippen molar-refractivity contribution in [2.75, 3.05) is 52.4 Å². The van der Waals surface area contributed by atoms with E-state index in [-0.39, 0.29) is 44.9 Å². The molecule has 1 aromatic heterocycles. The number of amides is 1. The summed E-state index contributed by atoms with van der Waals surface area (Å²) in [7, 11) is 3.17. The van der Waals surface area contributed by atoms with Crippen LogP contribution in [-0.4, -0.2) is 68.0 Å². The summed E-state index contributed by atoms with van der Waals surface area (Å²) in [5.41, 5.74) is 0.0923. The van der Waals surface area contributed by atoms with E-state index in [1.54, 1.807) is 20.3 Å². The Labute approximate surface area is 325 Å². The molecule has 0 aliphatic heterocycles. The summed E-state index contributed by atoms with van der Waals surface area (Å²) in [5, 5.41) is 13.8. The lowest BCUT2D eigenvalue weighted by Gasteiger charge is -2.22. The molecule has 0 fully saturated rings. The summed E-state index contributed by atoms with van der Waals surface area (Å²) in [6.07, 6.45) is 4.33. The lowest BCUT2D eigenvalue weighted by atomic mass is 10.1. The van der Waals surface area contributed by atoms with E-state index in [1.165, 1.54) is 44.6 Å². The Bertz CT molecular complexity index is 1410. The fourth-order valence-corrected chi connectivity index (χ4v) is 5.51. The van der Waals surface area contributed by atoms with Crippen molar-refractivity contribution in [2.45, 2.75) is 120 Å². The number of phenolic OH excluding ortho intramolecular Hbond substituents is 1. The highest BCUT2D eigenvalue weighted by Crippen LogP contribution is 2.37. The van der Waals surface area contributed by atoms with Crippen LogP contribution in [0.1, 0.15) is 127 Å². The second-order valence-electron chi connectivity index (χ2n) is 13.2. The Morgan fingerprint density at radius 3 is 1.92 bits per heavy atom. The molecule has 13 heteroatoms. The first-order valence-corrected chi connectivity index (χ1v) is 19.9. The molecule has 3 aromatic rings. The van der Waals surface area contributed by atoms with Gasteiger partial charge in [-0.1, -0.05) is 117 Å². The summed E-state index contributed by atoms with van der Waals surface area (Å²) in [6, 6.07) is 4.90. The Morgan fingerprint density at radius 2 is 1.45 bits per heavy atom. The lowest BCUT2D eigenvalue weighted by molar-refractivity contribution is -0.137. The molecule has 1 amide bonds. The van der Waals surface area contributed by atoms with Gasteiger partial charge in [0.15, 0.2) is 5.13 Å². The van der Waals surface area contributed by atoms with Crippen molar-refractivity contribution in [3.63, 3.8) is 0 Å². The molecule has 0 aliphatic carbocycles. The summed E-state index contributed by atoms with van der Waals surface area (Å²) in [6.45, 7) is 19.9. The van der Waals surface area contributed by atoms with E-state index in [0.29, 0.717) is 50.4 Å². The lowest BCUT2D eigenvalue weighted by Crippen LogP contribution is -2.30. The number of aromatic hydroxyl groups is 1. The van der Waals surface area contributed by atoms with E-state index in [1.807, 2.05) is 11.8 Å². The van der Waals surface area contributed by atoms with E-state index in [0.717, 1.165) is 29.4 Å². The van der Waals surface area contributed by atoms with Gasteiger partial charge in [0.2, 0.25) is 0 Å². The van der Waals surface area contributed by atoms with Gasteiger partial charge in [-0.3, -0.25) is 15.0 Å². The molecule has 0 saturated heterocycles. The normalized spacial score (nSPS) is 11.1. The number of carbonyl (C=O) groups is 1. The number of methoxy groups -OCH3 is 2. The number of alkyl halides is 3. The number of thiazole rings is 1. The molecule has 0 spiro atoms. The topological polar surface area (TPSA) is 93.2 Å². The van der Waals surface area contributed by atoms with Crippen LogP contribution in [0.5, 0.6) is 5.75 Å². The third-order valence-electron chi connectivity index (χ3n) is 7.20. The summed E-state index contributed by atoms with van der Waals surface area (Å²) >= 11 is 7.17. The van der Waals surface area contributed by atoms with Gasteiger partial charge in [0, 0.05) is 56.6 Å². The van der Waals surface area contributed by atoms with Gasteiger partial charge in [-0.05, 0) is 36.6 Å². The second-order valence-corrected chi connectivity index (χ2v) is 14.6. The van der Waals surface area contributed by atoms with Crippen molar-refractivity contribution in [3.05, 3.63) is 51.5 Å². The van der Waals surface area contributed by atoms with E-state index < -0.39 is 17.6 Å². The van der Waals surface area contributed by atoms with Gasteiger partial charge in [-0.15, -0.1) is 0 Å². The van der Waals surface area contributed by atoms with Crippen LogP contribution in [0.4, 0.5) is 18.3 Å². The first-order chi connectivity index (χ1) is 25.1. The standard InChI is InChI=1S/C26H31ClF3N3O5S.C6H14.2C4H10/c1-4-7-38-15-17-10-18(26(28,29)30)12-21-22(17)31-25(39-21)32-24(35)20-13-19(27)11-16(23(20)34)14-33(5-8-36-2)6-9-37-3;1-3-5-6-4-2;1-4(2)3;1-3-4-2/h10-13,34H,4-9,14-15H2,1-3H3,(H,31,32,35);3-6H2,1-2H3;4H,1-3H3;3-4H2,1-2H3. The number of nitrogens with zero attached hydrogens (tertiary/aromatic N) is 2. The van der Waals surface area contributed by atoms with Crippen molar-refractivity contribution in [2.24, 2.45) is 5.92 Å². The van der Waals surface area contributed by atoms with Gasteiger partial charge < -0.3 is 19.3 Å². The SMILES string of the molecule is CC(C)C.CCCC.CCCCCC.CCCOCc1cc(C(F)(F)F)cc2sc(NC(=O)c3cc(Cl)cc(CN(CCOC)CCOC)c3O)nc12. The average Bonchev–Trinajstić information content (AvgIpc) is 3.52. The Balaban J connectivity index is 0.00000164. The van der Waals surface area contributed by atoms with E-state index >= 15 is 0 Å². The van der Waals surface area contributed by atoms with Crippen molar-refractivity contribution in [3.8, 4) is 5.75 Å². The molecule has 0 radical (unpaired) electrons. The first kappa shape index (κ1) is 50.5. The van der Waals surface area contributed by atoms with Gasteiger partial charge in [-0.25, -0.2) is 4.98 Å². The predicted octanol–water partition coefficient (Wildman–Crippen LogP) is 12.0. The largest absolute Gasteiger partial charge is 0.507 e. The fourth-order valence-electron chi connectivity index (χ4n) is 4.32. The van der Waals surface area contributed by atoms with E-state index in [2.05, 4.69) is 58.8 Å². The highest BCUT2D eigenvalue weighted by Gasteiger charge is 2.32. The molecule has 53 heavy (non-hydrogen) atoms. The molecule has 304 valence electrons. The van der Waals surface area contributed by atoms with Crippen LogP contribution in [0.3, 0.4) is 0 Å². The molecule has 8 nitrogen and oxygen atoms in total. The minimum atomic E-state index is -4.55. The van der Waals surface area contributed by atoms with E-state index in [4.69, 9.17) is 25.8 Å². The van der Waals surface area contributed by atoms with Crippen LogP contribution in [-0.2, 0) is 33.5 Å². The van der Waals surface area contributed by atoms with Crippen LogP contribution in [0.2, 0.25) is 5.02 Å². The smallest absolute Gasteiger partial charge is 0.416 e. The number of fused-ring (bicyclic) bond motifs is 1. The number of nitrogens with one attached hydrogen (secondary N) is 1. The number of benzene rings is 2. The third kappa shape index (κ3) is 21.3. The van der Waals surface area contributed by atoms with Crippen LogP contribution in [0.15, 0.2) is 24.3 Å². The summed E-state index contributed by atoms with van der Waals surface area (Å²) in [5.74, 6) is -0.124. The number of unbranched alkanes of at least 4 members (excludes halogenated alkanes) is 4. The number of hydrogen-bond acceptors (Lipinski definition) is 8. The zero-order valence-electron chi connectivity index (χ0n) is 33.7. The monoisotopic (exact) mass is 791 g/mol. The van der Waals surface area contributed by atoms with Gasteiger partial charge in [0.1, 0.15) is 5.75 Å². The quantitative estimate of drug-likeness (QED) is 0.124. The molecule has 0 aliphatic rings. The maximum atomic E-state index is 13.5. The maximum absolute atomic E-state index is 13.5. The van der Waals surface area contributed by atoms with Gasteiger partial charge in [0.25, 0.3) is 5.91 Å².